The third-order valence-electron chi connectivity index (χ3n) is 3.44. The minimum absolute atomic E-state index is 0.107. The van der Waals surface area contributed by atoms with E-state index in [0.717, 1.165) is 17.7 Å². The van der Waals surface area contributed by atoms with Gasteiger partial charge in [0.1, 0.15) is 17.3 Å². The predicted molar refractivity (Wildman–Crippen MR) is 92.6 cm³/mol. The summed E-state index contributed by atoms with van der Waals surface area (Å²) in [4.78, 5) is 24.7. The molecular formula is C18H15F2N5O. The van der Waals surface area contributed by atoms with E-state index in [2.05, 4.69) is 25.6 Å². The Balaban J connectivity index is 1.73. The fourth-order valence-corrected chi connectivity index (χ4v) is 2.24. The Morgan fingerprint density at radius 2 is 1.96 bits per heavy atom. The normalized spacial score (nSPS) is 10.4. The molecule has 0 saturated heterocycles. The number of carbonyl (C=O) groups excluding carboxylic acids is 1. The van der Waals surface area contributed by atoms with Crippen molar-refractivity contribution in [3.63, 3.8) is 0 Å². The summed E-state index contributed by atoms with van der Waals surface area (Å²) < 4.78 is 26.2. The van der Waals surface area contributed by atoms with Gasteiger partial charge in [0, 0.05) is 36.8 Å². The minimum atomic E-state index is -1.04. The molecule has 2 heterocycles. The van der Waals surface area contributed by atoms with Gasteiger partial charge in [-0.1, -0.05) is 6.07 Å². The molecule has 0 radical (unpaired) electrons. The van der Waals surface area contributed by atoms with Crippen LogP contribution in [0.5, 0.6) is 0 Å². The third kappa shape index (κ3) is 4.35. The highest BCUT2D eigenvalue weighted by atomic mass is 19.2. The lowest BCUT2D eigenvalue weighted by Crippen LogP contribution is -2.16. The molecule has 0 atom stereocenters. The molecule has 3 rings (SSSR count). The van der Waals surface area contributed by atoms with Crippen molar-refractivity contribution >= 4 is 17.4 Å². The fraction of sp³-hybridized carbons (Fsp3) is 0.111. The van der Waals surface area contributed by atoms with E-state index >= 15 is 0 Å². The van der Waals surface area contributed by atoms with Gasteiger partial charge >= 0.3 is 0 Å². The molecule has 0 bridgehead atoms. The number of nitrogens with one attached hydrogen (secondary N) is 2. The van der Waals surface area contributed by atoms with Crippen LogP contribution < -0.4 is 10.6 Å². The van der Waals surface area contributed by atoms with Crippen LogP contribution in [0.3, 0.4) is 0 Å². The summed E-state index contributed by atoms with van der Waals surface area (Å²) in [6, 6.07) is 8.33. The molecule has 2 aromatic heterocycles. The summed E-state index contributed by atoms with van der Waals surface area (Å²) in [7, 11) is 0. The van der Waals surface area contributed by atoms with E-state index in [9.17, 15) is 13.6 Å². The zero-order valence-electron chi connectivity index (χ0n) is 13.8. The molecule has 26 heavy (non-hydrogen) atoms. The number of nitrogens with zero attached hydrogens (tertiary/aromatic N) is 3. The van der Waals surface area contributed by atoms with Gasteiger partial charge in [-0.2, -0.15) is 0 Å². The molecule has 0 aliphatic rings. The monoisotopic (exact) mass is 355 g/mol. The van der Waals surface area contributed by atoms with Gasteiger partial charge < -0.3 is 10.6 Å². The molecule has 3 aromatic rings. The fourth-order valence-electron chi connectivity index (χ4n) is 2.24. The Morgan fingerprint density at radius 1 is 1.12 bits per heavy atom. The van der Waals surface area contributed by atoms with Gasteiger partial charge in [0.15, 0.2) is 11.6 Å². The van der Waals surface area contributed by atoms with Crippen LogP contribution in [-0.2, 0) is 6.54 Å². The standard InChI is InChI=1S/C18H15F2N5O/c1-11-23-16(18(26)25-13-4-5-14(19)15(20)7-13)8-17(24-11)22-10-12-3-2-6-21-9-12/h2-9H,10H2,1H3,(H,25,26)(H,22,23,24). The number of hydrogen-bond acceptors (Lipinski definition) is 5. The molecular weight excluding hydrogens is 340 g/mol. The summed E-state index contributed by atoms with van der Waals surface area (Å²) in [5, 5.41) is 5.58. The minimum Gasteiger partial charge on any atom is -0.366 e. The number of hydrogen-bond donors (Lipinski definition) is 2. The highest BCUT2D eigenvalue weighted by Crippen LogP contribution is 2.15. The van der Waals surface area contributed by atoms with Crippen molar-refractivity contribution in [2.75, 3.05) is 10.6 Å². The van der Waals surface area contributed by atoms with Crippen molar-refractivity contribution in [1.29, 1.82) is 0 Å². The number of amides is 1. The number of carbonyl (C=O) groups is 1. The molecule has 0 fully saturated rings. The topological polar surface area (TPSA) is 79.8 Å². The number of aryl methyl sites for hydroxylation is 1. The molecule has 1 aromatic carbocycles. The number of aromatic nitrogens is 3. The smallest absolute Gasteiger partial charge is 0.274 e. The van der Waals surface area contributed by atoms with Gasteiger partial charge in [0.2, 0.25) is 0 Å². The first-order valence-corrected chi connectivity index (χ1v) is 7.76. The predicted octanol–water partition coefficient (Wildman–Crippen LogP) is 3.32. The maximum Gasteiger partial charge on any atom is 0.274 e. The molecule has 0 spiro atoms. The van der Waals surface area contributed by atoms with Gasteiger partial charge in [0.25, 0.3) is 5.91 Å². The van der Waals surface area contributed by atoms with Gasteiger partial charge in [-0.3, -0.25) is 9.78 Å². The van der Waals surface area contributed by atoms with E-state index in [1.54, 1.807) is 19.3 Å². The first-order valence-electron chi connectivity index (χ1n) is 7.76. The molecule has 0 aliphatic carbocycles. The maximum atomic E-state index is 13.3. The number of anilines is 2. The molecule has 0 aliphatic heterocycles. The summed E-state index contributed by atoms with van der Waals surface area (Å²) in [5.41, 5.74) is 1.20. The first-order chi connectivity index (χ1) is 12.5. The number of halogens is 2. The average Bonchev–Trinajstić information content (AvgIpc) is 2.63. The highest BCUT2D eigenvalue weighted by molar-refractivity contribution is 6.03. The van der Waals surface area contributed by atoms with Crippen LogP contribution in [0.2, 0.25) is 0 Å². The quantitative estimate of drug-likeness (QED) is 0.734. The lowest BCUT2D eigenvalue weighted by atomic mass is 10.2. The Kier molecular flexibility index (Phi) is 5.12. The van der Waals surface area contributed by atoms with Crippen molar-refractivity contribution in [1.82, 2.24) is 15.0 Å². The maximum absolute atomic E-state index is 13.3. The van der Waals surface area contributed by atoms with Gasteiger partial charge in [-0.25, -0.2) is 18.7 Å². The molecule has 2 N–H and O–H groups in total. The zero-order valence-corrected chi connectivity index (χ0v) is 13.8. The van der Waals surface area contributed by atoms with Crippen molar-refractivity contribution in [2.24, 2.45) is 0 Å². The van der Waals surface area contributed by atoms with E-state index < -0.39 is 17.5 Å². The molecule has 8 heteroatoms. The van der Waals surface area contributed by atoms with Crippen LogP contribution in [0, 0.1) is 18.6 Å². The lowest BCUT2D eigenvalue weighted by molar-refractivity contribution is 0.102. The van der Waals surface area contributed by atoms with Crippen molar-refractivity contribution in [3.05, 3.63) is 77.5 Å². The molecule has 132 valence electrons. The second-order valence-corrected chi connectivity index (χ2v) is 5.48. The van der Waals surface area contributed by atoms with Crippen LogP contribution >= 0.6 is 0 Å². The Labute approximate surface area is 148 Å². The second kappa shape index (κ2) is 7.64. The first kappa shape index (κ1) is 17.4. The molecule has 0 saturated carbocycles. The highest BCUT2D eigenvalue weighted by Gasteiger charge is 2.12. The zero-order chi connectivity index (χ0) is 18.5. The lowest BCUT2D eigenvalue weighted by Gasteiger charge is -2.09. The van der Waals surface area contributed by atoms with Crippen LogP contribution in [0.15, 0.2) is 48.8 Å². The van der Waals surface area contributed by atoms with E-state index in [4.69, 9.17) is 0 Å². The molecule has 0 unspecified atom stereocenters. The SMILES string of the molecule is Cc1nc(NCc2cccnc2)cc(C(=O)Nc2ccc(F)c(F)c2)n1. The molecule has 6 nitrogen and oxygen atoms in total. The Hall–Kier alpha value is -3.42. The summed E-state index contributed by atoms with van der Waals surface area (Å²) in [5.74, 6) is -1.71. The van der Waals surface area contributed by atoms with E-state index in [1.165, 1.54) is 12.1 Å². The number of pyridine rings is 1. The largest absolute Gasteiger partial charge is 0.366 e. The Morgan fingerprint density at radius 3 is 2.69 bits per heavy atom. The van der Waals surface area contributed by atoms with E-state index in [0.29, 0.717) is 18.2 Å². The summed E-state index contributed by atoms with van der Waals surface area (Å²) in [6.45, 7) is 2.14. The van der Waals surface area contributed by atoms with Crippen LogP contribution in [-0.4, -0.2) is 20.9 Å². The van der Waals surface area contributed by atoms with Gasteiger partial charge in [-0.15, -0.1) is 0 Å². The third-order valence-corrected chi connectivity index (χ3v) is 3.44. The number of rotatable bonds is 5. The van der Waals surface area contributed by atoms with Crippen molar-refractivity contribution < 1.29 is 13.6 Å². The second-order valence-electron chi connectivity index (χ2n) is 5.48. The number of benzene rings is 1. The van der Waals surface area contributed by atoms with Crippen LogP contribution in [0.4, 0.5) is 20.3 Å². The van der Waals surface area contributed by atoms with Crippen LogP contribution in [0.25, 0.3) is 0 Å². The van der Waals surface area contributed by atoms with Crippen molar-refractivity contribution in [3.8, 4) is 0 Å². The summed E-state index contributed by atoms with van der Waals surface area (Å²) in [6.07, 6.45) is 3.40. The Bertz CT molecular complexity index is 934. The van der Waals surface area contributed by atoms with Crippen molar-refractivity contribution in [2.45, 2.75) is 13.5 Å². The average molecular weight is 355 g/mol. The van der Waals surface area contributed by atoms with Gasteiger partial charge in [-0.05, 0) is 30.7 Å². The van der Waals surface area contributed by atoms with Crippen LogP contribution in [0.1, 0.15) is 21.9 Å². The van der Waals surface area contributed by atoms with Gasteiger partial charge in [0.05, 0.1) is 0 Å². The van der Waals surface area contributed by atoms with E-state index in [-0.39, 0.29) is 11.4 Å². The summed E-state index contributed by atoms with van der Waals surface area (Å²) >= 11 is 0. The van der Waals surface area contributed by atoms with E-state index in [1.807, 2.05) is 12.1 Å². The molecule has 1 amide bonds.